The second kappa shape index (κ2) is 9.87. The number of nitrogens with one attached hydrogen (secondary N) is 1. The van der Waals surface area contributed by atoms with Gasteiger partial charge in [0.15, 0.2) is 0 Å². The van der Waals surface area contributed by atoms with Crippen molar-refractivity contribution in [3.63, 3.8) is 0 Å². The van der Waals surface area contributed by atoms with Gasteiger partial charge in [-0.05, 0) is 48.4 Å². The van der Waals surface area contributed by atoms with Gasteiger partial charge in [0.25, 0.3) is 0 Å². The number of rotatable bonds is 5. The zero-order valence-corrected chi connectivity index (χ0v) is 20.6. The second-order valence-corrected chi connectivity index (χ2v) is 10.0. The van der Waals surface area contributed by atoms with Crippen LogP contribution >= 0.6 is 0 Å². The lowest BCUT2D eigenvalue weighted by Crippen LogP contribution is -2.41. The number of aromatic nitrogens is 3. The Kier molecular flexibility index (Phi) is 6.91. The molecule has 3 aromatic rings. The number of amides is 2. The maximum absolute atomic E-state index is 12.9. The number of carbonyl (C=O) groups is 1. The second-order valence-electron chi connectivity index (χ2n) is 10.0. The number of likely N-dealkylation sites (tertiary alicyclic amines) is 1. The molecule has 1 aliphatic heterocycles. The Morgan fingerprint density at radius 1 is 1.03 bits per heavy atom. The molecular formula is C27H35N5O2. The van der Waals surface area contributed by atoms with Gasteiger partial charge in [-0.2, -0.15) is 5.10 Å². The maximum Gasteiger partial charge on any atom is 0.346 e. The standard InChI is InChI=1S/C27H35N5O2/c1-5-31-24(29-32(26(31)34)19-20-9-7-6-8-10-20)21-15-17-30(18-16-21)25(33)28-23-13-11-22(12-14-23)27(2,3)4/h6-14,21H,5,15-19H2,1-4H3,(H,28,33). The molecule has 0 saturated carbocycles. The molecule has 1 aromatic heterocycles. The highest BCUT2D eigenvalue weighted by Gasteiger charge is 2.28. The molecule has 0 unspecified atom stereocenters. The lowest BCUT2D eigenvalue weighted by Gasteiger charge is -2.31. The molecule has 7 nitrogen and oxygen atoms in total. The van der Waals surface area contributed by atoms with Crippen molar-refractivity contribution in [3.8, 4) is 0 Å². The van der Waals surface area contributed by atoms with Gasteiger partial charge in [-0.3, -0.25) is 4.57 Å². The van der Waals surface area contributed by atoms with E-state index in [4.69, 9.17) is 5.10 Å². The summed E-state index contributed by atoms with van der Waals surface area (Å²) in [5, 5.41) is 7.73. The van der Waals surface area contributed by atoms with E-state index in [-0.39, 0.29) is 23.1 Å². The smallest absolute Gasteiger partial charge is 0.324 e. The molecule has 0 spiro atoms. The zero-order chi connectivity index (χ0) is 24.3. The van der Waals surface area contributed by atoms with Crippen molar-refractivity contribution in [1.82, 2.24) is 19.2 Å². The Morgan fingerprint density at radius 2 is 1.68 bits per heavy atom. The van der Waals surface area contributed by atoms with Crippen LogP contribution in [0.4, 0.5) is 10.5 Å². The Hall–Kier alpha value is -3.35. The molecule has 1 fully saturated rings. The molecule has 1 N–H and O–H groups in total. The minimum absolute atomic E-state index is 0.0692. The summed E-state index contributed by atoms with van der Waals surface area (Å²) in [5.74, 6) is 1.00. The van der Waals surface area contributed by atoms with E-state index in [1.54, 1.807) is 9.25 Å². The van der Waals surface area contributed by atoms with Crippen LogP contribution < -0.4 is 11.0 Å². The van der Waals surface area contributed by atoms with Crippen LogP contribution in [0.25, 0.3) is 0 Å². The van der Waals surface area contributed by atoms with Gasteiger partial charge in [0, 0.05) is 31.2 Å². The highest BCUT2D eigenvalue weighted by molar-refractivity contribution is 5.89. The van der Waals surface area contributed by atoms with E-state index >= 15 is 0 Å². The van der Waals surface area contributed by atoms with Crippen molar-refractivity contribution in [1.29, 1.82) is 0 Å². The Bertz CT molecular complexity index is 1160. The first-order chi connectivity index (χ1) is 16.3. The topological polar surface area (TPSA) is 72.2 Å². The van der Waals surface area contributed by atoms with E-state index < -0.39 is 0 Å². The molecule has 180 valence electrons. The van der Waals surface area contributed by atoms with Gasteiger partial charge in [0.05, 0.1) is 6.54 Å². The fraction of sp³-hybridized carbons (Fsp3) is 0.444. The van der Waals surface area contributed by atoms with Gasteiger partial charge >= 0.3 is 11.7 Å². The van der Waals surface area contributed by atoms with Crippen LogP contribution in [0, 0.1) is 0 Å². The Balaban J connectivity index is 1.39. The number of anilines is 1. The first-order valence-corrected chi connectivity index (χ1v) is 12.1. The molecular weight excluding hydrogens is 426 g/mol. The highest BCUT2D eigenvalue weighted by atomic mass is 16.2. The monoisotopic (exact) mass is 461 g/mol. The quantitative estimate of drug-likeness (QED) is 0.592. The van der Waals surface area contributed by atoms with Crippen molar-refractivity contribution in [2.24, 2.45) is 0 Å². The van der Waals surface area contributed by atoms with Crippen molar-refractivity contribution in [3.05, 3.63) is 82.0 Å². The number of urea groups is 1. The average molecular weight is 462 g/mol. The van der Waals surface area contributed by atoms with Crippen LogP contribution in [0.2, 0.25) is 0 Å². The third kappa shape index (κ3) is 5.24. The highest BCUT2D eigenvalue weighted by Crippen LogP contribution is 2.27. The fourth-order valence-electron chi connectivity index (χ4n) is 4.51. The van der Waals surface area contributed by atoms with Crippen LogP contribution in [-0.4, -0.2) is 38.4 Å². The third-order valence-electron chi connectivity index (χ3n) is 6.59. The van der Waals surface area contributed by atoms with Gasteiger partial charge in [-0.1, -0.05) is 63.2 Å². The first kappa shape index (κ1) is 23.8. The number of piperidine rings is 1. The minimum atomic E-state index is -0.0792. The predicted molar refractivity (Wildman–Crippen MR) is 135 cm³/mol. The van der Waals surface area contributed by atoms with E-state index in [0.29, 0.717) is 26.2 Å². The molecule has 4 rings (SSSR count). The van der Waals surface area contributed by atoms with Gasteiger partial charge < -0.3 is 10.2 Å². The third-order valence-corrected chi connectivity index (χ3v) is 6.59. The van der Waals surface area contributed by atoms with Gasteiger partial charge in [-0.25, -0.2) is 14.3 Å². The number of hydrogen-bond acceptors (Lipinski definition) is 3. The Morgan fingerprint density at radius 3 is 2.26 bits per heavy atom. The van der Waals surface area contributed by atoms with Crippen molar-refractivity contribution >= 4 is 11.7 Å². The lowest BCUT2D eigenvalue weighted by atomic mass is 9.87. The molecule has 2 heterocycles. The van der Waals surface area contributed by atoms with Crippen LogP contribution in [0.3, 0.4) is 0 Å². The first-order valence-electron chi connectivity index (χ1n) is 12.1. The van der Waals surface area contributed by atoms with Crippen LogP contribution in [0.15, 0.2) is 59.4 Å². The summed E-state index contributed by atoms with van der Waals surface area (Å²) >= 11 is 0. The number of benzene rings is 2. The van der Waals surface area contributed by atoms with Gasteiger partial charge in [0.2, 0.25) is 0 Å². The van der Waals surface area contributed by atoms with Crippen molar-refractivity contribution in [2.45, 2.75) is 65.0 Å². The molecule has 7 heteroatoms. The lowest BCUT2D eigenvalue weighted by molar-refractivity contribution is 0.192. The molecule has 0 atom stereocenters. The Labute approximate surface area is 201 Å². The number of hydrogen-bond donors (Lipinski definition) is 1. The molecule has 34 heavy (non-hydrogen) atoms. The van der Waals surface area contributed by atoms with Crippen molar-refractivity contribution < 1.29 is 4.79 Å². The van der Waals surface area contributed by atoms with Crippen LogP contribution in [0.1, 0.15) is 63.4 Å². The fourth-order valence-corrected chi connectivity index (χ4v) is 4.51. The molecule has 1 aliphatic rings. The van der Waals surface area contributed by atoms with Crippen LogP contribution in [0.5, 0.6) is 0 Å². The maximum atomic E-state index is 12.9. The summed E-state index contributed by atoms with van der Waals surface area (Å²) in [5.41, 5.74) is 3.11. The van der Waals surface area contributed by atoms with Crippen molar-refractivity contribution in [2.75, 3.05) is 18.4 Å². The summed E-state index contributed by atoms with van der Waals surface area (Å²) in [6.07, 6.45) is 1.58. The van der Waals surface area contributed by atoms with E-state index in [1.165, 1.54) is 5.56 Å². The van der Waals surface area contributed by atoms with Gasteiger partial charge in [-0.15, -0.1) is 0 Å². The molecule has 0 radical (unpaired) electrons. The summed E-state index contributed by atoms with van der Waals surface area (Å²) < 4.78 is 3.34. The predicted octanol–water partition coefficient (Wildman–Crippen LogP) is 4.82. The van der Waals surface area contributed by atoms with E-state index in [0.717, 1.165) is 29.9 Å². The van der Waals surface area contributed by atoms with Gasteiger partial charge in [0.1, 0.15) is 5.82 Å². The SMILES string of the molecule is CCn1c(C2CCN(C(=O)Nc3ccc(C(C)(C)C)cc3)CC2)nn(Cc2ccccc2)c1=O. The summed E-state index contributed by atoms with van der Waals surface area (Å²) in [7, 11) is 0. The van der Waals surface area contributed by atoms with E-state index in [2.05, 4.69) is 38.2 Å². The molecule has 2 amide bonds. The largest absolute Gasteiger partial charge is 0.346 e. The summed E-state index contributed by atoms with van der Waals surface area (Å²) in [6.45, 7) is 10.8. The molecule has 0 aliphatic carbocycles. The number of carbonyl (C=O) groups excluding carboxylic acids is 1. The zero-order valence-electron chi connectivity index (χ0n) is 20.6. The molecule has 0 bridgehead atoms. The minimum Gasteiger partial charge on any atom is -0.324 e. The molecule has 2 aromatic carbocycles. The normalized spacial score (nSPS) is 14.9. The van der Waals surface area contributed by atoms with E-state index in [9.17, 15) is 9.59 Å². The number of nitrogens with zero attached hydrogens (tertiary/aromatic N) is 4. The summed E-state index contributed by atoms with van der Waals surface area (Å²) in [6, 6.07) is 17.9. The average Bonchev–Trinajstić information content (AvgIpc) is 3.14. The summed E-state index contributed by atoms with van der Waals surface area (Å²) in [4.78, 5) is 27.6. The molecule has 1 saturated heterocycles. The van der Waals surface area contributed by atoms with E-state index in [1.807, 2.05) is 54.3 Å². The van der Waals surface area contributed by atoms with Crippen LogP contribution in [-0.2, 0) is 18.5 Å².